The van der Waals surface area contributed by atoms with Crippen molar-refractivity contribution in [3.05, 3.63) is 16.0 Å². The molecule has 2 heterocycles. The van der Waals surface area contributed by atoms with Gasteiger partial charge in [0.15, 0.2) is 0 Å². The molecule has 3 nitrogen and oxygen atoms in total. The van der Waals surface area contributed by atoms with E-state index in [2.05, 4.69) is 31.2 Å². The highest BCUT2D eigenvalue weighted by Gasteiger charge is 2.14. The minimum absolute atomic E-state index is 0.274. The van der Waals surface area contributed by atoms with Gasteiger partial charge in [-0.15, -0.1) is 0 Å². The first-order chi connectivity index (χ1) is 7.75. The van der Waals surface area contributed by atoms with E-state index in [1.165, 1.54) is 17.3 Å². The Morgan fingerprint density at radius 2 is 2.44 bits per heavy atom. The van der Waals surface area contributed by atoms with Crippen molar-refractivity contribution < 1.29 is 0 Å². The van der Waals surface area contributed by atoms with Gasteiger partial charge in [0.2, 0.25) is 5.28 Å². The SMILES string of the molecule is Clc1ncc(Br)c(NCC2CSCCS2)n1. The van der Waals surface area contributed by atoms with Gasteiger partial charge in [-0.25, -0.2) is 4.98 Å². The molecule has 7 heteroatoms. The molecule has 1 N–H and O–H groups in total. The molecular formula is C9H11BrClN3S2. The molecule has 88 valence electrons. The highest BCUT2D eigenvalue weighted by atomic mass is 79.9. The molecule has 1 aliphatic rings. The third-order valence-corrected chi connectivity index (χ3v) is 5.70. The molecule has 0 radical (unpaired) electrons. The van der Waals surface area contributed by atoms with Crippen LogP contribution < -0.4 is 5.32 Å². The normalized spacial score (nSPS) is 20.8. The maximum Gasteiger partial charge on any atom is 0.224 e. The lowest BCUT2D eigenvalue weighted by atomic mass is 10.4. The Morgan fingerprint density at radius 3 is 3.19 bits per heavy atom. The number of rotatable bonds is 3. The Kier molecular flexibility index (Phi) is 5.06. The molecule has 2 rings (SSSR count). The fourth-order valence-electron chi connectivity index (χ4n) is 1.33. The Hall–Kier alpha value is 0.350. The van der Waals surface area contributed by atoms with E-state index in [0.717, 1.165) is 16.8 Å². The summed E-state index contributed by atoms with van der Waals surface area (Å²) in [6.45, 7) is 0.920. The van der Waals surface area contributed by atoms with Crippen LogP contribution in [0.15, 0.2) is 10.7 Å². The topological polar surface area (TPSA) is 37.8 Å². The maximum absolute atomic E-state index is 5.75. The number of nitrogens with one attached hydrogen (secondary N) is 1. The van der Waals surface area contributed by atoms with Crippen LogP contribution in [0, 0.1) is 0 Å². The first-order valence-electron chi connectivity index (χ1n) is 4.87. The van der Waals surface area contributed by atoms with Gasteiger partial charge in [-0.1, -0.05) is 0 Å². The van der Waals surface area contributed by atoms with Crippen LogP contribution in [0.25, 0.3) is 0 Å². The number of thioether (sulfide) groups is 2. The highest BCUT2D eigenvalue weighted by Crippen LogP contribution is 2.25. The molecule has 1 fully saturated rings. The van der Waals surface area contributed by atoms with E-state index < -0.39 is 0 Å². The largest absolute Gasteiger partial charge is 0.368 e. The van der Waals surface area contributed by atoms with Crippen LogP contribution in [0.1, 0.15) is 0 Å². The van der Waals surface area contributed by atoms with Crippen LogP contribution in [0.4, 0.5) is 5.82 Å². The fourth-order valence-corrected chi connectivity index (χ4v) is 4.41. The highest BCUT2D eigenvalue weighted by molar-refractivity contribution is 9.10. The summed E-state index contributed by atoms with van der Waals surface area (Å²) in [4.78, 5) is 8.03. The molecule has 0 amide bonds. The van der Waals surface area contributed by atoms with Crippen molar-refractivity contribution in [2.75, 3.05) is 29.1 Å². The van der Waals surface area contributed by atoms with Gasteiger partial charge >= 0.3 is 0 Å². The quantitative estimate of drug-likeness (QED) is 0.856. The van der Waals surface area contributed by atoms with Crippen LogP contribution in [-0.2, 0) is 0 Å². The van der Waals surface area contributed by atoms with Gasteiger partial charge < -0.3 is 5.32 Å². The molecule has 0 spiro atoms. The minimum Gasteiger partial charge on any atom is -0.368 e. The molecule has 1 aliphatic heterocycles. The Morgan fingerprint density at radius 1 is 1.56 bits per heavy atom. The number of halogens is 2. The van der Waals surface area contributed by atoms with Crippen molar-refractivity contribution in [2.45, 2.75) is 5.25 Å². The summed E-state index contributed by atoms with van der Waals surface area (Å²) in [6.07, 6.45) is 1.67. The van der Waals surface area contributed by atoms with E-state index in [1.54, 1.807) is 6.20 Å². The lowest BCUT2D eigenvalue weighted by Crippen LogP contribution is -2.23. The fraction of sp³-hybridized carbons (Fsp3) is 0.556. The third kappa shape index (κ3) is 3.68. The van der Waals surface area contributed by atoms with E-state index in [9.17, 15) is 0 Å². The smallest absolute Gasteiger partial charge is 0.224 e. The van der Waals surface area contributed by atoms with Gasteiger partial charge in [0.05, 0.1) is 4.47 Å². The summed E-state index contributed by atoms with van der Waals surface area (Å²) in [6, 6.07) is 0. The lowest BCUT2D eigenvalue weighted by Gasteiger charge is -2.21. The molecule has 0 bridgehead atoms. The summed E-state index contributed by atoms with van der Waals surface area (Å²) in [5, 5.41) is 4.23. The molecule has 0 aromatic carbocycles. The summed E-state index contributed by atoms with van der Waals surface area (Å²) < 4.78 is 0.852. The van der Waals surface area contributed by atoms with Crippen LogP contribution in [0.5, 0.6) is 0 Å². The van der Waals surface area contributed by atoms with E-state index in [1.807, 2.05) is 23.5 Å². The first kappa shape index (κ1) is 12.8. The number of aromatic nitrogens is 2. The summed E-state index contributed by atoms with van der Waals surface area (Å²) in [5.74, 6) is 4.48. The molecule has 1 aromatic rings. The molecule has 1 atom stereocenters. The third-order valence-electron chi connectivity index (χ3n) is 2.10. The minimum atomic E-state index is 0.274. The molecule has 1 aromatic heterocycles. The van der Waals surface area contributed by atoms with Crippen LogP contribution in [0.3, 0.4) is 0 Å². The average Bonchev–Trinajstić information content (AvgIpc) is 2.32. The van der Waals surface area contributed by atoms with E-state index >= 15 is 0 Å². The monoisotopic (exact) mass is 339 g/mol. The number of nitrogens with zero attached hydrogens (tertiary/aromatic N) is 2. The second-order valence-electron chi connectivity index (χ2n) is 3.28. The predicted molar refractivity (Wildman–Crippen MR) is 76.8 cm³/mol. The van der Waals surface area contributed by atoms with Gasteiger partial charge in [0.25, 0.3) is 0 Å². The van der Waals surface area contributed by atoms with Crippen molar-refractivity contribution >= 4 is 56.9 Å². The molecule has 0 saturated carbocycles. The van der Waals surface area contributed by atoms with Crippen molar-refractivity contribution in [3.63, 3.8) is 0 Å². The maximum atomic E-state index is 5.75. The van der Waals surface area contributed by atoms with Gasteiger partial charge in [0.1, 0.15) is 5.82 Å². The average molecular weight is 341 g/mol. The molecule has 1 unspecified atom stereocenters. The molecule has 1 saturated heterocycles. The molecule has 16 heavy (non-hydrogen) atoms. The van der Waals surface area contributed by atoms with Gasteiger partial charge in [-0.2, -0.15) is 28.5 Å². The van der Waals surface area contributed by atoms with Gasteiger partial charge in [-0.05, 0) is 27.5 Å². The van der Waals surface area contributed by atoms with Crippen LogP contribution >= 0.6 is 51.1 Å². The van der Waals surface area contributed by atoms with Crippen molar-refractivity contribution in [1.82, 2.24) is 9.97 Å². The second kappa shape index (κ2) is 6.33. The van der Waals surface area contributed by atoms with E-state index in [0.29, 0.717) is 5.25 Å². The molecular weight excluding hydrogens is 330 g/mol. The van der Waals surface area contributed by atoms with E-state index in [-0.39, 0.29) is 5.28 Å². The Labute approximate surface area is 117 Å². The first-order valence-corrected chi connectivity index (χ1v) is 8.24. The Bertz CT molecular complexity index is 361. The second-order valence-corrected chi connectivity index (χ2v) is 7.03. The van der Waals surface area contributed by atoms with Gasteiger partial charge in [-0.3, -0.25) is 0 Å². The zero-order chi connectivity index (χ0) is 11.4. The number of hydrogen-bond acceptors (Lipinski definition) is 5. The number of anilines is 1. The van der Waals surface area contributed by atoms with Crippen molar-refractivity contribution in [1.29, 1.82) is 0 Å². The van der Waals surface area contributed by atoms with Crippen molar-refractivity contribution in [2.24, 2.45) is 0 Å². The van der Waals surface area contributed by atoms with E-state index in [4.69, 9.17) is 11.6 Å². The Balaban J connectivity index is 1.90. The summed E-state index contributed by atoms with van der Waals surface area (Å²) >= 11 is 13.2. The zero-order valence-corrected chi connectivity index (χ0v) is 12.4. The summed E-state index contributed by atoms with van der Waals surface area (Å²) in [7, 11) is 0. The molecule has 0 aliphatic carbocycles. The van der Waals surface area contributed by atoms with Crippen LogP contribution in [-0.4, -0.2) is 39.0 Å². The summed E-state index contributed by atoms with van der Waals surface area (Å²) in [5.41, 5.74) is 0. The van der Waals surface area contributed by atoms with Gasteiger partial charge in [0, 0.05) is 35.3 Å². The van der Waals surface area contributed by atoms with Crippen molar-refractivity contribution in [3.8, 4) is 0 Å². The predicted octanol–water partition coefficient (Wildman–Crippen LogP) is 3.15. The zero-order valence-electron chi connectivity index (χ0n) is 8.45. The van der Waals surface area contributed by atoms with Crippen LogP contribution in [0.2, 0.25) is 5.28 Å². The lowest BCUT2D eigenvalue weighted by molar-refractivity contribution is 0.984. The standard InChI is InChI=1S/C9H11BrClN3S2/c10-7-4-13-9(11)14-8(7)12-3-6-5-15-1-2-16-6/h4,6H,1-3,5H2,(H,12,13,14). The number of hydrogen-bond donors (Lipinski definition) is 1.